The standard InChI is InChI=1S/C26H16N2O2S2/c29-25(31-21-13-3-7-17-9-5-15-27-23(17)21)19-11-1-2-12-20(19)26(30)32-22-14-4-8-18-10-6-16-28-24(18)22/h1-16H. The Hall–Kier alpha value is -3.48. The predicted octanol–water partition coefficient (Wildman–Crippen LogP) is 6.65. The summed E-state index contributed by atoms with van der Waals surface area (Å²) in [6.07, 6.45) is 3.42. The number of thioether (sulfide) groups is 2. The van der Waals surface area contributed by atoms with Gasteiger partial charge in [0.1, 0.15) is 0 Å². The van der Waals surface area contributed by atoms with Crippen LogP contribution in [0.1, 0.15) is 20.7 Å². The van der Waals surface area contributed by atoms with Crippen molar-refractivity contribution in [3.8, 4) is 0 Å². The van der Waals surface area contributed by atoms with Gasteiger partial charge in [-0.25, -0.2) is 0 Å². The topological polar surface area (TPSA) is 59.9 Å². The zero-order valence-corrected chi connectivity index (χ0v) is 18.4. The number of nitrogens with zero attached hydrogens (tertiary/aromatic N) is 2. The highest BCUT2D eigenvalue weighted by atomic mass is 32.2. The van der Waals surface area contributed by atoms with Crippen LogP contribution in [0.25, 0.3) is 21.8 Å². The van der Waals surface area contributed by atoms with Gasteiger partial charge in [-0.15, -0.1) is 0 Å². The van der Waals surface area contributed by atoms with Gasteiger partial charge in [0.15, 0.2) is 0 Å². The van der Waals surface area contributed by atoms with Gasteiger partial charge in [-0.2, -0.15) is 0 Å². The van der Waals surface area contributed by atoms with E-state index in [0.717, 1.165) is 55.1 Å². The van der Waals surface area contributed by atoms with E-state index >= 15 is 0 Å². The van der Waals surface area contributed by atoms with Gasteiger partial charge in [0, 0.05) is 44.1 Å². The zero-order chi connectivity index (χ0) is 21.9. The molecule has 32 heavy (non-hydrogen) atoms. The monoisotopic (exact) mass is 452 g/mol. The minimum Gasteiger partial charge on any atom is -0.281 e. The van der Waals surface area contributed by atoms with Crippen LogP contribution in [0.4, 0.5) is 0 Å². The van der Waals surface area contributed by atoms with Gasteiger partial charge in [-0.3, -0.25) is 19.6 Å². The van der Waals surface area contributed by atoms with Crippen LogP contribution in [-0.4, -0.2) is 20.2 Å². The van der Waals surface area contributed by atoms with Gasteiger partial charge < -0.3 is 0 Å². The summed E-state index contributed by atoms with van der Waals surface area (Å²) < 4.78 is 0. The smallest absolute Gasteiger partial charge is 0.224 e. The normalized spacial score (nSPS) is 11.0. The molecule has 0 unspecified atom stereocenters. The molecule has 0 bridgehead atoms. The van der Waals surface area contributed by atoms with Crippen LogP contribution in [0.15, 0.2) is 107 Å². The van der Waals surface area contributed by atoms with E-state index in [9.17, 15) is 9.59 Å². The minimum absolute atomic E-state index is 0.191. The third-order valence-corrected chi connectivity index (χ3v) is 6.87. The van der Waals surface area contributed by atoms with Crippen molar-refractivity contribution in [1.82, 2.24) is 9.97 Å². The number of para-hydroxylation sites is 2. The molecule has 0 radical (unpaired) electrons. The fourth-order valence-electron chi connectivity index (χ4n) is 3.47. The van der Waals surface area contributed by atoms with E-state index in [1.165, 1.54) is 0 Å². The SMILES string of the molecule is O=C(Sc1cccc2cccnc12)c1ccccc1C(=O)Sc1cccc2cccnc12. The minimum atomic E-state index is -0.191. The molecule has 0 spiro atoms. The summed E-state index contributed by atoms with van der Waals surface area (Å²) in [5.74, 6) is 0. The Morgan fingerprint density at radius 1 is 0.531 bits per heavy atom. The van der Waals surface area contributed by atoms with E-state index in [0.29, 0.717) is 11.1 Å². The van der Waals surface area contributed by atoms with Crippen molar-refractivity contribution in [2.24, 2.45) is 0 Å². The van der Waals surface area contributed by atoms with Crippen LogP contribution in [0, 0.1) is 0 Å². The van der Waals surface area contributed by atoms with E-state index in [4.69, 9.17) is 0 Å². The molecular formula is C26H16N2O2S2. The van der Waals surface area contributed by atoms with Crippen molar-refractivity contribution < 1.29 is 9.59 Å². The summed E-state index contributed by atoms with van der Waals surface area (Å²) in [6, 6.07) is 26.1. The molecule has 6 heteroatoms. The van der Waals surface area contributed by atoms with Gasteiger partial charge in [-0.05, 0) is 59.9 Å². The average Bonchev–Trinajstić information content (AvgIpc) is 2.84. The second-order valence-electron chi connectivity index (χ2n) is 6.99. The summed E-state index contributed by atoms with van der Waals surface area (Å²) in [5, 5.41) is 1.55. The maximum absolute atomic E-state index is 13.2. The average molecular weight is 453 g/mol. The number of carbonyl (C=O) groups is 2. The molecule has 154 valence electrons. The molecular weight excluding hydrogens is 436 g/mol. The van der Waals surface area contributed by atoms with Crippen LogP contribution < -0.4 is 0 Å². The Morgan fingerprint density at radius 3 is 1.44 bits per heavy atom. The molecule has 0 amide bonds. The van der Waals surface area contributed by atoms with E-state index in [1.807, 2.05) is 60.7 Å². The van der Waals surface area contributed by atoms with Crippen LogP contribution >= 0.6 is 23.5 Å². The Balaban J connectivity index is 1.45. The fourth-order valence-corrected chi connectivity index (χ4v) is 5.27. The number of hydrogen-bond donors (Lipinski definition) is 0. The molecule has 0 aliphatic carbocycles. The van der Waals surface area contributed by atoms with Crippen molar-refractivity contribution in [3.05, 3.63) is 108 Å². The van der Waals surface area contributed by atoms with Gasteiger partial charge in [0.25, 0.3) is 0 Å². The highest BCUT2D eigenvalue weighted by Crippen LogP contribution is 2.33. The molecule has 0 N–H and O–H groups in total. The van der Waals surface area contributed by atoms with Crippen LogP contribution in [0.3, 0.4) is 0 Å². The first-order valence-electron chi connectivity index (χ1n) is 9.91. The van der Waals surface area contributed by atoms with Crippen LogP contribution in [0.2, 0.25) is 0 Å². The van der Waals surface area contributed by atoms with Crippen molar-refractivity contribution in [2.45, 2.75) is 9.79 Å². The summed E-state index contributed by atoms with van der Waals surface area (Å²) in [5.41, 5.74) is 2.31. The predicted molar refractivity (Wildman–Crippen MR) is 130 cm³/mol. The molecule has 2 aromatic heterocycles. The van der Waals surface area contributed by atoms with Gasteiger partial charge in [0.2, 0.25) is 10.2 Å². The first-order valence-corrected chi connectivity index (χ1v) is 11.5. The number of fused-ring (bicyclic) bond motifs is 2. The first kappa shape index (κ1) is 20.4. The van der Waals surface area contributed by atoms with E-state index < -0.39 is 0 Å². The van der Waals surface area contributed by atoms with Crippen molar-refractivity contribution in [1.29, 1.82) is 0 Å². The third kappa shape index (κ3) is 4.02. The molecule has 0 aliphatic rings. The largest absolute Gasteiger partial charge is 0.281 e. The highest BCUT2D eigenvalue weighted by Gasteiger charge is 2.20. The quantitative estimate of drug-likeness (QED) is 0.285. The summed E-state index contributed by atoms with van der Waals surface area (Å²) in [7, 11) is 0. The van der Waals surface area contributed by atoms with E-state index in [-0.39, 0.29) is 10.2 Å². The lowest BCUT2D eigenvalue weighted by Crippen LogP contribution is -2.04. The fraction of sp³-hybridized carbons (Fsp3) is 0. The molecule has 0 aliphatic heterocycles. The number of pyridine rings is 2. The first-order chi connectivity index (χ1) is 15.7. The van der Waals surface area contributed by atoms with E-state index in [2.05, 4.69) is 9.97 Å². The number of hydrogen-bond acceptors (Lipinski definition) is 6. The van der Waals surface area contributed by atoms with Crippen molar-refractivity contribution >= 4 is 55.6 Å². The third-order valence-electron chi connectivity index (χ3n) is 4.96. The molecule has 5 rings (SSSR count). The Morgan fingerprint density at radius 2 is 0.969 bits per heavy atom. The second kappa shape index (κ2) is 8.94. The maximum Gasteiger partial charge on any atom is 0.224 e. The number of aromatic nitrogens is 2. The Bertz CT molecular complexity index is 1360. The lowest BCUT2D eigenvalue weighted by molar-refractivity contribution is 0.106. The molecule has 5 aromatic rings. The molecule has 2 heterocycles. The molecule has 0 fully saturated rings. The summed E-state index contributed by atoms with van der Waals surface area (Å²) in [4.78, 5) is 36.8. The van der Waals surface area contributed by atoms with Gasteiger partial charge in [0.05, 0.1) is 11.0 Å². The molecule has 4 nitrogen and oxygen atoms in total. The molecule has 0 saturated carbocycles. The molecule has 0 atom stereocenters. The number of carbonyl (C=O) groups excluding carboxylic acids is 2. The lowest BCUT2D eigenvalue weighted by Gasteiger charge is -2.09. The van der Waals surface area contributed by atoms with Crippen molar-refractivity contribution in [3.63, 3.8) is 0 Å². The second-order valence-corrected chi connectivity index (χ2v) is 9.02. The summed E-state index contributed by atoms with van der Waals surface area (Å²) >= 11 is 2.18. The van der Waals surface area contributed by atoms with Crippen molar-refractivity contribution in [2.75, 3.05) is 0 Å². The van der Waals surface area contributed by atoms with Crippen LogP contribution in [0.5, 0.6) is 0 Å². The zero-order valence-electron chi connectivity index (χ0n) is 16.8. The molecule has 3 aromatic carbocycles. The highest BCUT2D eigenvalue weighted by molar-refractivity contribution is 8.15. The number of benzene rings is 3. The summed E-state index contributed by atoms with van der Waals surface area (Å²) in [6.45, 7) is 0. The Kier molecular flexibility index (Phi) is 5.71. The van der Waals surface area contributed by atoms with Gasteiger partial charge in [-0.1, -0.05) is 48.5 Å². The number of rotatable bonds is 4. The Labute approximate surface area is 193 Å². The molecule has 0 saturated heterocycles. The van der Waals surface area contributed by atoms with E-state index in [1.54, 1.807) is 36.7 Å². The maximum atomic E-state index is 13.2. The lowest BCUT2D eigenvalue weighted by atomic mass is 10.1. The van der Waals surface area contributed by atoms with Crippen LogP contribution in [-0.2, 0) is 0 Å². The van der Waals surface area contributed by atoms with Gasteiger partial charge >= 0.3 is 0 Å².